The van der Waals surface area contributed by atoms with Crippen molar-refractivity contribution in [3.8, 4) is 11.4 Å². The Morgan fingerprint density at radius 2 is 2.04 bits per heavy atom. The molecule has 3 aromatic rings. The van der Waals surface area contributed by atoms with Crippen LogP contribution in [0.2, 0.25) is 0 Å². The van der Waals surface area contributed by atoms with Crippen LogP contribution in [0.1, 0.15) is 48.7 Å². The quantitative estimate of drug-likeness (QED) is 0.637. The van der Waals surface area contributed by atoms with Gasteiger partial charge in [0.05, 0.1) is 6.61 Å². The second-order valence-corrected chi connectivity index (χ2v) is 6.67. The smallest absolute Gasteiger partial charge is 0.181 e. The van der Waals surface area contributed by atoms with Gasteiger partial charge in [-0.3, -0.25) is 5.10 Å². The lowest BCUT2D eigenvalue weighted by Crippen LogP contribution is -2.07. The van der Waals surface area contributed by atoms with Crippen LogP contribution in [0.5, 0.6) is 0 Å². The number of aromatic nitrogens is 3. The molecule has 2 aromatic carbocycles. The molecule has 1 saturated carbocycles. The van der Waals surface area contributed by atoms with E-state index in [1.807, 2.05) is 36.4 Å². The predicted molar refractivity (Wildman–Crippen MR) is 98.2 cm³/mol. The van der Waals surface area contributed by atoms with Gasteiger partial charge < -0.3 is 10.4 Å². The summed E-state index contributed by atoms with van der Waals surface area (Å²) in [7, 11) is 0. The van der Waals surface area contributed by atoms with E-state index >= 15 is 0 Å². The zero-order chi connectivity index (χ0) is 17.2. The average Bonchev–Trinajstić information content (AvgIpc) is 3.39. The Morgan fingerprint density at radius 1 is 1.20 bits per heavy atom. The summed E-state index contributed by atoms with van der Waals surface area (Å²) in [6.45, 7) is 2.17. The van der Waals surface area contributed by atoms with Crippen molar-refractivity contribution >= 4 is 5.69 Å². The Balaban J connectivity index is 1.52. The maximum absolute atomic E-state index is 9.30. The van der Waals surface area contributed by atoms with Crippen molar-refractivity contribution < 1.29 is 5.11 Å². The Labute approximate surface area is 147 Å². The number of nitrogens with zero attached hydrogens (tertiary/aromatic N) is 2. The standard InChI is InChI=1S/C20H22N4O/c1-13(16-5-2-4-14(10-16)12-25)21-18-7-3-6-17(11-18)20-22-19(23-24-20)15-8-9-15/h2-7,10-11,13,15,21,25H,8-9,12H2,1H3,(H,22,23,24). The summed E-state index contributed by atoms with van der Waals surface area (Å²) in [6.07, 6.45) is 2.42. The van der Waals surface area contributed by atoms with Crippen molar-refractivity contribution in [2.45, 2.75) is 38.3 Å². The first-order chi connectivity index (χ1) is 12.2. The summed E-state index contributed by atoms with van der Waals surface area (Å²) in [5, 5.41) is 20.2. The van der Waals surface area contributed by atoms with Crippen molar-refractivity contribution in [2.24, 2.45) is 0 Å². The number of hydrogen-bond donors (Lipinski definition) is 3. The maximum atomic E-state index is 9.30. The predicted octanol–water partition coefficient (Wildman–Crippen LogP) is 4.01. The molecule has 25 heavy (non-hydrogen) atoms. The minimum atomic E-state index is 0.0597. The molecule has 1 aromatic heterocycles. The molecule has 1 unspecified atom stereocenters. The molecule has 5 nitrogen and oxygen atoms in total. The minimum Gasteiger partial charge on any atom is -0.392 e. The van der Waals surface area contributed by atoms with E-state index in [0.717, 1.165) is 34.0 Å². The van der Waals surface area contributed by atoms with Crippen LogP contribution in [0.4, 0.5) is 5.69 Å². The SMILES string of the molecule is CC(Nc1cccc(-c2n[nH]c(C3CC3)n2)c1)c1cccc(CO)c1. The number of H-pyrrole nitrogens is 1. The van der Waals surface area contributed by atoms with E-state index in [-0.39, 0.29) is 12.6 Å². The highest BCUT2D eigenvalue weighted by molar-refractivity contribution is 5.62. The molecule has 1 heterocycles. The number of benzene rings is 2. The van der Waals surface area contributed by atoms with Gasteiger partial charge in [0.15, 0.2) is 5.82 Å². The molecule has 1 fully saturated rings. The normalized spacial score (nSPS) is 15.1. The van der Waals surface area contributed by atoms with Gasteiger partial charge in [-0.05, 0) is 43.0 Å². The third-order valence-corrected chi connectivity index (χ3v) is 4.60. The lowest BCUT2D eigenvalue weighted by molar-refractivity contribution is 0.281. The van der Waals surface area contributed by atoms with Crippen molar-refractivity contribution in [3.63, 3.8) is 0 Å². The first-order valence-corrected chi connectivity index (χ1v) is 8.72. The molecule has 0 spiro atoms. The summed E-state index contributed by atoms with van der Waals surface area (Å²) >= 11 is 0. The zero-order valence-corrected chi connectivity index (χ0v) is 14.2. The van der Waals surface area contributed by atoms with Crippen LogP contribution in [0.3, 0.4) is 0 Å². The lowest BCUT2D eigenvalue weighted by atomic mass is 10.0. The van der Waals surface area contributed by atoms with E-state index in [4.69, 9.17) is 0 Å². The van der Waals surface area contributed by atoms with E-state index in [2.05, 4.69) is 39.6 Å². The second-order valence-electron chi connectivity index (χ2n) is 6.67. The molecule has 0 bridgehead atoms. The van der Waals surface area contributed by atoms with Crippen molar-refractivity contribution in [1.29, 1.82) is 0 Å². The maximum Gasteiger partial charge on any atom is 0.181 e. The summed E-state index contributed by atoms with van der Waals surface area (Å²) in [4.78, 5) is 4.62. The highest BCUT2D eigenvalue weighted by Crippen LogP contribution is 2.38. The molecular weight excluding hydrogens is 312 g/mol. The Morgan fingerprint density at radius 3 is 2.84 bits per heavy atom. The summed E-state index contributed by atoms with van der Waals surface area (Å²) in [5.74, 6) is 2.32. The van der Waals surface area contributed by atoms with Gasteiger partial charge in [0, 0.05) is 23.2 Å². The average molecular weight is 334 g/mol. The molecule has 128 valence electrons. The van der Waals surface area contributed by atoms with Crippen molar-refractivity contribution in [3.05, 3.63) is 65.5 Å². The molecule has 5 heteroatoms. The Hall–Kier alpha value is -2.66. The van der Waals surface area contributed by atoms with Gasteiger partial charge in [-0.15, -0.1) is 0 Å². The molecule has 1 atom stereocenters. The topological polar surface area (TPSA) is 73.8 Å². The molecule has 3 N–H and O–H groups in total. The van der Waals surface area contributed by atoms with Gasteiger partial charge in [-0.2, -0.15) is 5.10 Å². The third kappa shape index (κ3) is 3.56. The minimum absolute atomic E-state index is 0.0597. The second kappa shape index (κ2) is 6.69. The fraction of sp³-hybridized carbons (Fsp3) is 0.300. The molecule has 0 saturated heterocycles. The fourth-order valence-electron chi connectivity index (χ4n) is 2.98. The van der Waals surface area contributed by atoms with Gasteiger partial charge in [-0.1, -0.05) is 36.4 Å². The van der Waals surface area contributed by atoms with Crippen LogP contribution < -0.4 is 5.32 Å². The van der Waals surface area contributed by atoms with Crippen molar-refractivity contribution in [2.75, 3.05) is 5.32 Å². The van der Waals surface area contributed by atoms with Gasteiger partial charge in [0.25, 0.3) is 0 Å². The van der Waals surface area contributed by atoms with Crippen LogP contribution >= 0.6 is 0 Å². The lowest BCUT2D eigenvalue weighted by Gasteiger charge is -2.17. The summed E-state index contributed by atoms with van der Waals surface area (Å²) < 4.78 is 0. The first-order valence-electron chi connectivity index (χ1n) is 8.72. The van der Waals surface area contributed by atoms with Crippen molar-refractivity contribution in [1.82, 2.24) is 15.2 Å². The molecular formula is C20H22N4O. The van der Waals surface area contributed by atoms with E-state index in [1.165, 1.54) is 12.8 Å². The highest BCUT2D eigenvalue weighted by Gasteiger charge is 2.27. The largest absolute Gasteiger partial charge is 0.392 e. The Bertz CT molecular complexity index is 869. The third-order valence-electron chi connectivity index (χ3n) is 4.60. The van der Waals surface area contributed by atoms with E-state index in [9.17, 15) is 5.11 Å². The van der Waals surface area contributed by atoms with Crippen LogP contribution in [-0.2, 0) is 6.61 Å². The summed E-state index contributed by atoms with van der Waals surface area (Å²) in [6, 6.07) is 16.3. The number of aromatic amines is 1. The van der Waals surface area contributed by atoms with Crippen LogP contribution in [-0.4, -0.2) is 20.3 Å². The van der Waals surface area contributed by atoms with Gasteiger partial charge in [0.1, 0.15) is 5.82 Å². The fourth-order valence-corrected chi connectivity index (χ4v) is 2.98. The number of aliphatic hydroxyl groups is 1. The highest BCUT2D eigenvalue weighted by atomic mass is 16.3. The first kappa shape index (κ1) is 15.8. The van der Waals surface area contributed by atoms with E-state index < -0.39 is 0 Å². The zero-order valence-electron chi connectivity index (χ0n) is 14.2. The number of nitrogens with one attached hydrogen (secondary N) is 2. The molecule has 4 rings (SSSR count). The molecule has 0 amide bonds. The van der Waals surface area contributed by atoms with E-state index in [1.54, 1.807) is 0 Å². The van der Waals surface area contributed by atoms with Gasteiger partial charge in [-0.25, -0.2) is 4.98 Å². The Kier molecular flexibility index (Phi) is 4.24. The number of aliphatic hydroxyl groups excluding tert-OH is 1. The van der Waals surface area contributed by atoms with Gasteiger partial charge >= 0.3 is 0 Å². The monoisotopic (exact) mass is 334 g/mol. The number of rotatable bonds is 6. The van der Waals surface area contributed by atoms with Gasteiger partial charge in [0.2, 0.25) is 0 Å². The number of hydrogen-bond acceptors (Lipinski definition) is 4. The molecule has 0 radical (unpaired) electrons. The van der Waals surface area contributed by atoms with Crippen LogP contribution in [0, 0.1) is 0 Å². The van der Waals surface area contributed by atoms with Crippen LogP contribution in [0.25, 0.3) is 11.4 Å². The summed E-state index contributed by atoms with van der Waals surface area (Å²) in [5.41, 5.74) is 4.10. The number of anilines is 1. The molecule has 1 aliphatic carbocycles. The van der Waals surface area contributed by atoms with Crippen LogP contribution in [0.15, 0.2) is 48.5 Å². The molecule has 1 aliphatic rings. The molecule has 0 aliphatic heterocycles. The van der Waals surface area contributed by atoms with E-state index in [0.29, 0.717) is 5.92 Å².